The summed E-state index contributed by atoms with van der Waals surface area (Å²) in [7, 11) is 0. The molecule has 0 saturated heterocycles. The maximum absolute atomic E-state index is 12.1. The van der Waals surface area contributed by atoms with Crippen molar-refractivity contribution in [1.82, 2.24) is 20.4 Å². The van der Waals surface area contributed by atoms with Gasteiger partial charge < -0.3 is 19.9 Å². The molecule has 28 heavy (non-hydrogen) atoms. The molecule has 1 aliphatic heterocycles. The van der Waals surface area contributed by atoms with E-state index >= 15 is 0 Å². The maximum atomic E-state index is 12.1. The molecule has 0 bridgehead atoms. The molecule has 1 aliphatic rings. The number of amides is 2. The second-order valence-corrected chi connectivity index (χ2v) is 6.12. The number of para-hydroxylation sites is 2. The van der Waals surface area contributed by atoms with Gasteiger partial charge in [0.2, 0.25) is 17.6 Å². The van der Waals surface area contributed by atoms with Gasteiger partial charge in [-0.1, -0.05) is 23.4 Å². The number of benzene rings is 1. The summed E-state index contributed by atoms with van der Waals surface area (Å²) in [5.41, 5.74) is 1.21. The van der Waals surface area contributed by atoms with E-state index in [9.17, 15) is 9.59 Å². The number of rotatable bonds is 6. The second kappa shape index (κ2) is 7.87. The number of pyridine rings is 1. The number of nitrogens with zero attached hydrogens (tertiary/aromatic N) is 3. The van der Waals surface area contributed by atoms with Gasteiger partial charge >= 0.3 is 0 Å². The van der Waals surface area contributed by atoms with E-state index in [2.05, 4.69) is 25.8 Å². The number of carbonyl (C=O) groups excluding carboxylic acids is 2. The Morgan fingerprint density at radius 2 is 2.04 bits per heavy atom. The molecular weight excluding hydrogens is 362 g/mol. The van der Waals surface area contributed by atoms with E-state index in [1.165, 1.54) is 0 Å². The Bertz CT molecular complexity index is 989. The summed E-state index contributed by atoms with van der Waals surface area (Å²) in [6.45, 7) is 0.299. The van der Waals surface area contributed by atoms with Crippen LogP contribution in [-0.4, -0.2) is 39.6 Å². The number of hydrogen-bond donors (Lipinski definition) is 2. The summed E-state index contributed by atoms with van der Waals surface area (Å²) in [4.78, 5) is 32.6. The Labute approximate surface area is 160 Å². The molecule has 0 fully saturated rings. The zero-order chi connectivity index (χ0) is 19.3. The third-order valence-electron chi connectivity index (χ3n) is 4.10. The van der Waals surface area contributed by atoms with Crippen LogP contribution in [0.25, 0.3) is 11.5 Å². The van der Waals surface area contributed by atoms with Crippen LogP contribution in [0.1, 0.15) is 12.3 Å². The van der Waals surface area contributed by atoms with E-state index in [0.29, 0.717) is 41.8 Å². The van der Waals surface area contributed by atoms with Crippen LogP contribution in [-0.2, 0) is 16.0 Å². The van der Waals surface area contributed by atoms with Gasteiger partial charge in [-0.3, -0.25) is 14.6 Å². The van der Waals surface area contributed by atoms with Crippen molar-refractivity contribution in [1.29, 1.82) is 0 Å². The van der Waals surface area contributed by atoms with E-state index in [4.69, 9.17) is 9.26 Å². The topological polar surface area (TPSA) is 119 Å². The van der Waals surface area contributed by atoms with E-state index < -0.39 is 6.10 Å². The van der Waals surface area contributed by atoms with Gasteiger partial charge in [0.05, 0.1) is 12.1 Å². The van der Waals surface area contributed by atoms with E-state index in [1.807, 2.05) is 6.07 Å². The van der Waals surface area contributed by atoms with Crippen molar-refractivity contribution in [3.63, 3.8) is 0 Å². The summed E-state index contributed by atoms with van der Waals surface area (Å²) in [5.74, 6) is 0.692. The number of carbonyl (C=O) groups is 2. The van der Waals surface area contributed by atoms with Crippen molar-refractivity contribution < 1.29 is 18.8 Å². The van der Waals surface area contributed by atoms with Crippen molar-refractivity contribution in [2.75, 3.05) is 11.9 Å². The van der Waals surface area contributed by atoms with Crippen molar-refractivity contribution >= 4 is 17.5 Å². The fourth-order valence-electron chi connectivity index (χ4n) is 2.73. The van der Waals surface area contributed by atoms with Crippen LogP contribution in [0.5, 0.6) is 5.75 Å². The lowest BCUT2D eigenvalue weighted by Crippen LogP contribution is -2.41. The van der Waals surface area contributed by atoms with Crippen LogP contribution in [0.15, 0.2) is 53.2 Å². The molecule has 2 amide bonds. The fourth-order valence-corrected chi connectivity index (χ4v) is 2.73. The van der Waals surface area contributed by atoms with Gasteiger partial charge in [-0.15, -0.1) is 0 Å². The van der Waals surface area contributed by atoms with Gasteiger partial charge in [-0.25, -0.2) is 0 Å². The minimum Gasteiger partial charge on any atom is -0.478 e. The summed E-state index contributed by atoms with van der Waals surface area (Å²) >= 11 is 0. The highest BCUT2D eigenvalue weighted by Gasteiger charge is 2.29. The quantitative estimate of drug-likeness (QED) is 0.667. The van der Waals surface area contributed by atoms with Crippen molar-refractivity contribution in [2.45, 2.75) is 18.9 Å². The molecule has 9 heteroatoms. The molecule has 2 N–H and O–H groups in total. The Balaban J connectivity index is 1.26. The zero-order valence-electron chi connectivity index (χ0n) is 14.8. The molecule has 0 radical (unpaired) electrons. The Hall–Kier alpha value is -3.75. The van der Waals surface area contributed by atoms with Gasteiger partial charge in [-0.2, -0.15) is 4.98 Å². The molecule has 1 atom stereocenters. The molecule has 9 nitrogen and oxygen atoms in total. The molecule has 0 spiro atoms. The standard InChI is InChI=1S/C19H17N5O4/c25-16(11-15-19(26)22-12-5-1-2-7-14(12)27-15)21-10-8-17-23-18(24-28-17)13-6-3-4-9-20-13/h1-7,9,15H,8,10-11H2,(H,21,25)(H,22,26)/t15-/m1/s1. The number of hydrogen-bond acceptors (Lipinski definition) is 7. The molecule has 1 aromatic carbocycles. The van der Waals surface area contributed by atoms with Gasteiger partial charge in [0.15, 0.2) is 6.10 Å². The van der Waals surface area contributed by atoms with Crippen LogP contribution >= 0.6 is 0 Å². The molecule has 0 unspecified atom stereocenters. The summed E-state index contributed by atoms with van der Waals surface area (Å²) in [6.07, 6.45) is 1.07. The first-order valence-electron chi connectivity index (χ1n) is 8.76. The highest BCUT2D eigenvalue weighted by atomic mass is 16.5. The van der Waals surface area contributed by atoms with Gasteiger partial charge in [0.1, 0.15) is 11.4 Å². The summed E-state index contributed by atoms with van der Waals surface area (Å²) in [5, 5.41) is 9.34. The normalized spacial score (nSPS) is 15.3. The van der Waals surface area contributed by atoms with E-state index in [-0.39, 0.29) is 18.2 Å². The monoisotopic (exact) mass is 379 g/mol. The molecule has 142 valence electrons. The Morgan fingerprint density at radius 3 is 2.89 bits per heavy atom. The van der Waals surface area contributed by atoms with Crippen molar-refractivity contribution in [2.24, 2.45) is 0 Å². The number of anilines is 1. The zero-order valence-corrected chi connectivity index (χ0v) is 14.8. The Kier molecular flexibility index (Phi) is 4.96. The largest absolute Gasteiger partial charge is 0.478 e. The predicted octanol–water partition coefficient (Wildman–Crippen LogP) is 1.58. The fraction of sp³-hybridized carbons (Fsp3) is 0.211. The first kappa shape index (κ1) is 17.7. The highest BCUT2D eigenvalue weighted by molar-refractivity contribution is 5.99. The third kappa shape index (κ3) is 3.98. The molecular formula is C19H17N5O4. The maximum Gasteiger partial charge on any atom is 0.266 e. The number of ether oxygens (including phenoxy) is 1. The third-order valence-corrected chi connectivity index (χ3v) is 4.10. The summed E-state index contributed by atoms with van der Waals surface area (Å²) in [6, 6.07) is 12.5. The smallest absolute Gasteiger partial charge is 0.266 e. The molecule has 0 saturated carbocycles. The molecule has 3 aromatic rings. The van der Waals surface area contributed by atoms with Crippen molar-refractivity contribution in [3.8, 4) is 17.3 Å². The average Bonchev–Trinajstić information content (AvgIpc) is 3.18. The number of aromatic nitrogens is 3. The first-order valence-corrected chi connectivity index (χ1v) is 8.76. The minimum atomic E-state index is -0.867. The van der Waals surface area contributed by atoms with Crippen LogP contribution in [0.2, 0.25) is 0 Å². The summed E-state index contributed by atoms with van der Waals surface area (Å²) < 4.78 is 10.8. The molecule has 3 heterocycles. The van der Waals surface area contributed by atoms with Crippen LogP contribution < -0.4 is 15.4 Å². The van der Waals surface area contributed by atoms with Gasteiger partial charge in [0.25, 0.3) is 5.91 Å². The first-order chi connectivity index (χ1) is 13.7. The Morgan fingerprint density at radius 1 is 1.18 bits per heavy atom. The van der Waals surface area contributed by atoms with Crippen LogP contribution in [0.4, 0.5) is 5.69 Å². The predicted molar refractivity (Wildman–Crippen MR) is 98.3 cm³/mol. The minimum absolute atomic E-state index is 0.0802. The molecule has 4 rings (SSSR count). The van der Waals surface area contributed by atoms with E-state index in [0.717, 1.165) is 0 Å². The average molecular weight is 379 g/mol. The lowest BCUT2D eigenvalue weighted by molar-refractivity contribution is -0.130. The van der Waals surface area contributed by atoms with E-state index in [1.54, 1.807) is 42.6 Å². The number of nitrogens with one attached hydrogen (secondary N) is 2. The molecule has 0 aliphatic carbocycles. The lowest BCUT2D eigenvalue weighted by atomic mass is 10.1. The number of fused-ring (bicyclic) bond motifs is 1. The van der Waals surface area contributed by atoms with Gasteiger partial charge in [-0.05, 0) is 24.3 Å². The van der Waals surface area contributed by atoms with Crippen molar-refractivity contribution in [3.05, 3.63) is 54.6 Å². The SMILES string of the molecule is O=C(C[C@H]1Oc2ccccc2NC1=O)NCCc1nc(-c2ccccn2)no1. The lowest BCUT2D eigenvalue weighted by Gasteiger charge is -2.25. The molecule has 2 aromatic heterocycles. The second-order valence-electron chi connectivity index (χ2n) is 6.12. The van der Waals surface area contributed by atoms with Crippen LogP contribution in [0, 0.1) is 0 Å². The highest BCUT2D eigenvalue weighted by Crippen LogP contribution is 2.29. The van der Waals surface area contributed by atoms with Gasteiger partial charge in [0, 0.05) is 19.2 Å². The van der Waals surface area contributed by atoms with Crippen LogP contribution in [0.3, 0.4) is 0 Å².